The number of esters is 1. The van der Waals surface area contributed by atoms with Crippen molar-refractivity contribution in [3.63, 3.8) is 0 Å². The summed E-state index contributed by atoms with van der Waals surface area (Å²) in [5.41, 5.74) is 0. The zero-order chi connectivity index (χ0) is 62.0. The van der Waals surface area contributed by atoms with E-state index in [9.17, 15) is 19.8 Å². The summed E-state index contributed by atoms with van der Waals surface area (Å²) < 4.78 is 5.52. The van der Waals surface area contributed by atoms with Gasteiger partial charge < -0.3 is 20.3 Å². The van der Waals surface area contributed by atoms with Gasteiger partial charge in [-0.25, -0.2) is 0 Å². The van der Waals surface area contributed by atoms with Crippen molar-refractivity contribution >= 4 is 11.9 Å². The van der Waals surface area contributed by atoms with Crippen LogP contribution in [0.2, 0.25) is 0 Å². The van der Waals surface area contributed by atoms with E-state index in [0.29, 0.717) is 19.4 Å². The maximum Gasteiger partial charge on any atom is 0.305 e. The lowest BCUT2D eigenvalue weighted by atomic mass is 10.0. The first-order chi connectivity index (χ1) is 42.5. The van der Waals surface area contributed by atoms with Gasteiger partial charge in [-0.2, -0.15) is 0 Å². The topological polar surface area (TPSA) is 95.9 Å². The number of aliphatic hydroxyl groups excluding tert-OH is 2. The fourth-order valence-corrected chi connectivity index (χ4v) is 12.4. The van der Waals surface area contributed by atoms with E-state index in [2.05, 4.69) is 43.5 Å². The van der Waals surface area contributed by atoms with Gasteiger partial charge in [0.15, 0.2) is 0 Å². The van der Waals surface area contributed by atoms with Gasteiger partial charge in [0.25, 0.3) is 0 Å². The molecule has 0 aromatic rings. The zero-order valence-corrected chi connectivity index (χ0v) is 58.3. The van der Waals surface area contributed by atoms with Crippen molar-refractivity contribution in [2.45, 2.75) is 450 Å². The van der Waals surface area contributed by atoms with E-state index in [0.717, 1.165) is 38.5 Å². The highest BCUT2D eigenvalue weighted by atomic mass is 16.5. The predicted octanol–water partition coefficient (Wildman–Crippen LogP) is 25.8. The Labute approximate surface area is 538 Å². The van der Waals surface area contributed by atoms with Gasteiger partial charge in [0.1, 0.15) is 0 Å². The second-order valence-corrected chi connectivity index (χ2v) is 27.0. The maximum absolute atomic E-state index is 12.5. The molecule has 0 aliphatic rings. The minimum Gasteiger partial charge on any atom is -0.466 e. The SMILES string of the molecule is CCCCCCCC/C=C\CCCCCCCCCCCC(=O)OCCCCCCCCCCCCCCCCCC/C=C\CCCCCCCCCCCCCCCCCCCC(=O)NC(CO)C(O)/C=C/CCCCCCCCCCCCC. The molecular formula is C80H153NO5. The van der Waals surface area contributed by atoms with E-state index in [-0.39, 0.29) is 18.5 Å². The van der Waals surface area contributed by atoms with Crippen molar-refractivity contribution in [3.05, 3.63) is 36.5 Å². The molecule has 3 N–H and O–H groups in total. The Morgan fingerprint density at radius 2 is 0.547 bits per heavy atom. The van der Waals surface area contributed by atoms with Crippen LogP contribution < -0.4 is 5.32 Å². The molecule has 0 fully saturated rings. The predicted molar refractivity (Wildman–Crippen MR) is 379 cm³/mol. The van der Waals surface area contributed by atoms with Crippen LogP contribution in [-0.2, 0) is 14.3 Å². The standard InChI is InChI=1S/C80H153NO5/c1-3-5-7-9-11-13-15-17-18-19-39-43-46-50-54-58-62-66-70-74-80(85)86-75-71-67-63-59-55-51-47-44-41-38-36-34-32-30-28-26-24-22-20-21-23-25-27-29-31-33-35-37-40-42-45-49-53-57-61-65-69-73-79(84)81-77(76-82)78(83)72-68-64-60-56-52-48-16-14-12-10-8-6-4-2/h17-18,20,22,68,72,77-78,82-83H,3-16,19,21,23-67,69-71,73-76H2,1-2H3,(H,81,84)/b18-17-,22-20-,72-68+. The number of amides is 1. The van der Waals surface area contributed by atoms with Crippen molar-refractivity contribution in [3.8, 4) is 0 Å². The van der Waals surface area contributed by atoms with Crippen LogP contribution in [0.4, 0.5) is 0 Å². The number of ether oxygens (including phenoxy) is 1. The fraction of sp³-hybridized carbons (Fsp3) is 0.900. The minimum absolute atomic E-state index is 0.0215. The highest BCUT2D eigenvalue weighted by Crippen LogP contribution is 2.19. The Hall–Kier alpha value is -1.92. The minimum atomic E-state index is -0.841. The van der Waals surface area contributed by atoms with Gasteiger partial charge in [-0.3, -0.25) is 9.59 Å². The van der Waals surface area contributed by atoms with Crippen molar-refractivity contribution in [1.29, 1.82) is 0 Å². The van der Waals surface area contributed by atoms with Crippen molar-refractivity contribution in [2.75, 3.05) is 13.2 Å². The molecule has 0 saturated carbocycles. The van der Waals surface area contributed by atoms with Gasteiger partial charge in [0.05, 0.1) is 25.4 Å². The Kier molecular flexibility index (Phi) is 73.9. The Balaban J connectivity index is 3.32. The van der Waals surface area contributed by atoms with Gasteiger partial charge in [-0.15, -0.1) is 0 Å². The monoisotopic (exact) mass is 1210 g/mol. The first kappa shape index (κ1) is 84.1. The van der Waals surface area contributed by atoms with E-state index < -0.39 is 12.1 Å². The van der Waals surface area contributed by atoms with Gasteiger partial charge in [0, 0.05) is 12.8 Å². The molecule has 86 heavy (non-hydrogen) atoms. The second kappa shape index (κ2) is 75.5. The highest BCUT2D eigenvalue weighted by Gasteiger charge is 2.18. The molecule has 6 nitrogen and oxygen atoms in total. The van der Waals surface area contributed by atoms with Crippen LogP contribution in [0, 0.1) is 0 Å². The third-order valence-electron chi connectivity index (χ3n) is 18.4. The largest absolute Gasteiger partial charge is 0.466 e. The number of carbonyl (C=O) groups excluding carboxylic acids is 2. The molecule has 0 rings (SSSR count). The molecule has 0 aromatic carbocycles. The molecule has 0 spiro atoms. The van der Waals surface area contributed by atoms with E-state index in [1.54, 1.807) is 6.08 Å². The summed E-state index contributed by atoms with van der Waals surface area (Å²) >= 11 is 0. The lowest BCUT2D eigenvalue weighted by Crippen LogP contribution is -2.45. The zero-order valence-electron chi connectivity index (χ0n) is 58.3. The summed E-state index contributed by atoms with van der Waals surface area (Å²) in [6, 6.07) is -0.624. The van der Waals surface area contributed by atoms with Gasteiger partial charge in [0.2, 0.25) is 5.91 Å². The maximum atomic E-state index is 12.5. The van der Waals surface area contributed by atoms with Crippen LogP contribution in [0.5, 0.6) is 0 Å². The van der Waals surface area contributed by atoms with E-state index in [1.165, 1.54) is 372 Å². The molecule has 0 saturated heterocycles. The summed E-state index contributed by atoms with van der Waals surface area (Å²) in [7, 11) is 0. The first-order valence-corrected chi connectivity index (χ1v) is 39.3. The highest BCUT2D eigenvalue weighted by molar-refractivity contribution is 5.76. The molecular weight excluding hydrogens is 1050 g/mol. The summed E-state index contributed by atoms with van der Waals surface area (Å²) in [6.07, 6.45) is 98.5. The molecule has 0 aromatic heterocycles. The van der Waals surface area contributed by atoms with Crippen LogP contribution in [0.25, 0.3) is 0 Å². The van der Waals surface area contributed by atoms with Crippen LogP contribution in [0.1, 0.15) is 438 Å². The van der Waals surface area contributed by atoms with Crippen molar-refractivity contribution < 1.29 is 24.5 Å². The number of nitrogens with one attached hydrogen (secondary N) is 1. The molecule has 1 amide bonds. The van der Waals surface area contributed by atoms with Gasteiger partial charge in [-0.05, 0) is 83.5 Å². The average Bonchev–Trinajstić information content (AvgIpc) is 3.54. The first-order valence-electron chi connectivity index (χ1n) is 39.3. The third-order valence-corrected chi connectivity index (χ3v) is 18.4. The molecule has 6 heteroatoms. The lowest BCUT2D eigenvalue weighted by molar-refractivity contribution is -0.143. The normalized spacial score (nSPS) is 12.7. The van der Waals surface area contributed by atoms with Crippen LogP contribution >= 0.6 is 0 Å². The summed E-state index contributed by atoms with van der Waals surface area (Å²) in [5.74, 6) is -0.0408. The number of rotatable bonds is 74. The van der Waals surface area contributed by atoms with Gasteiger partial charge >= 0.3 is 5.97 Å². The molecule has 0 bridgehead atoms. The fourth-order valence-electron chi connectivity index (χ4n) is 12.4. The van der Waals surface area contributed by atoms with Crippen molar-refractivity contribution in [1.82, 2.24) is 5.32 Å². The summed E-state index contributed by atoms with van der Waals surface area (Å²) in [5, 5.41) is 23.1. The molecule has 508 valence electrons. The Morgan fingerprint density at radius 1 is 0.314 bits per heavy atom. The lowest BCUT2D eigenvalue weighted by Gasteiger charge is -2.20. The molecule has 2 atom stereocenters. The second-order valence-electron chi connectivity index (χ2n) is 27.0. The van der Waals surface area contributed by atoms with E-state index >= 15 is 0 Å². The quantitative estimate of drug-likeness (QED) is 0.0320. The Morgan fingerprint density at radius 3 is 0.826 bits per heavy atom. The van der Waals surface area contributed by atoms with Crippen molar-refractivity contribution in [2.24, 2.45) is 0 Å². The smallest absolute Gasteiger partial charge is 0.305 e. The van der Waals surface area contributed by atoms with Crippen LogP contribution in [-0.4, -0.2) is 47.4 Å². The number of unbranched alkanes of at least 4 members (excludes halogenated alkanes) is 59. The van der Waals surface area contributed by atoms with Crippen LogP contribution in [0.3, 0.4) is 0 Å². The average molecular weight is 1210 g/mol. The van der Waals surface area contributed by atoms with E-state index in [1.807, 2.05) is 6.08 Å². The molecule has 0 aliphatic carbocycles. The third kappa shape index (κ3) is 71.2. The molecule has 0 heterocycles. The van der Waals surface area contributed by atoms with Gasteiger partial charge in [-0.1, -0.05) is 378 Å². The van der Waals surface area contributed by atoms with E-state index in [4.69, 9.17) is 4.74 Å². The number of aliphatic hydroxyl groups is 2. The summed E-state index contributed by atoms with van der Waals surface area (Å²) in [4.78, 5) is 24.6. The molecule has 0 aliphatic heterocycles. The molecule has 0 radical (unpaired) electrons. The number of hydrogen-bond acceptors (Lipinski definition) is 5. The summed E-state index contributed by atoms with van der Waals surface area (Å²) in [6.45, 7) is 4.93. The number of carbonyl (C=O) groups is 2. The number of allylic oxidation sites excluding steroid dienone is 5. The molecule has 2 unspecified atom stereocenters. The Bertz CT molecular complexity index is 1390. The van der Waals surface area contributed by atoms with Crippen LogP contribution in [0.15, 0.2) is 36.5 Å². The number of hydrogen-bond donors (Lipinski definition) is 3.